The highest BCUT2D eigenvalue weighted by Crippen LogP contribution is 2.29. The molecule has 2 aromatic heterocycles. The second-order valence-corrected chi connectivity index (χ2v) is 8.86. The van der Waals surface area contributed by atoms with Crippen LogP contribution in [0.25, 0.3) is 5.70 Å². The van der Waals surface area contributed by atoms with E-state index in [1.54, 1.807) is 25.2 Å². The van der Waals surface area contributed by atoms with Crippen LogP contribution in [-0.4, -0.2) is 58.0 Å². The van der Waals surface area contributed by atoms with Crippen molar-refractivity contribution in [3.8, 4) is 0 Å². The van der Waals surface area contributed by atoms with Crippen LogP contribution in [0.5, 0.6) is 0 Å². The van der Waals surface area contributed by atoms with Crippen LogP contribution >= 0.6 is 0 Å². The molecule has 0 bridgehead atoms. The Bertz CT molecular complexity index is 1110. The molecule has 1 N–H and O–H groups in total. The Balaban J connectivity index is 1.30. The van der Waals surface area contributed by atoms with Crippen LogP contribution in [0.4, 0.5) is 10.7 Å². The van der Waals surface area contributed by atoms with Crippen molar-refractivity contribution in [2.24, 2.45) is 5.92 Å². The molecule has 34 heavy (non-hydrogen) atoms. The highest BCUT2D eigenvalue weighted by Gasteiger charge is 2.25. The third kappa shape index (κ3) is 5.47. The predicted molar refractivity (Wildman–Crippen MR) is 132 cm³/mol. The van der Waals surface area contributed by atoms with Crippen LogP contribution in [-0.2, 0) is 6.42 Å². The van der Waals surface area contributed by atoms with E-state index >= 15 is 0 Å². The number of piperidine rings is 1. The van der Waals surface area contributed by atoms with Gasteiger partial charge in [-0.25, -0.2) is 9.48 Å². The molecule has 9 nitrogen and oxygen atoms in total. The predicted octanol–water partition coefficient (Wildman–Crippen LogP) is 4.02. The van der Waals surface area contributed by atoms with Gasteiger partial charge in [0.15, 0.2) is 0 Å². The Morgan fingerprint density at radius 2 is 2.24 bits per heavy atom. The molecule has 1 unspecified atom stereocenters. The number of carbonyl (C=O) groups is 1. The SMILES string of the molecule is C=C1CN(c2noc(CC3=CC=C(n4cccn4)CC3)n2)CCC1C/C=C(\C)N(C)C(=O)NC. The summed E-state index contributed by atoms with van der Waals surface area (Å²) in [5.41, 5.74) is 4.54. The van der Waals surface area contributed by atoms with Crippen molar-refractivity contribution < 1.29 is 9.32 Å². The first-order valence-electron chi connectivity index (χ1n) is 11.7. The summed E-state index contributed by atoms with van der Waals surface area (Å²) in [4.78, 5) is 20.2. The normalized spacial score (nSPS) is 19.0. The minimum atomic E-state index is -0.117. The number of amides is 2. The number of hydrogen-bond acceptors (Lipinski definition) is 6. The van der Waals surface area contributed by atoms with Crippen molar-refractivity contribution >= 4 is 17.7 Å². The zero-order chi connectivity index (χ0) is 24.1. The van der Waals surface area contributed by atoms with Crippen molar-refractivity contribution in [1.29, 1.82) is 0 Å². The van der Waals surface area contributed by atoms with Gasteiger partial charge in [-0.15, -0.1) is 0 Å². The van der Waals surface area contributed by atoms with Crippen LogP contribution in [0.3, 0.4) is 0 Å². The third-order valence-electron chi connectivity index (χ3n) is 6.59. The number of rotatable bonds is 7. The maximum absolute atomic E-state index is 11.8. The maximum atomic E-state index is 11.8. The molecule has 0 saturated carbocycles. The second kappa shape index (κ2) is 10.5. The zero-order valence-corrected chi connectivity index (χ0v) is 20.2. The highest BCUT2D eigenvalue weighted by atomic mass is 16.5. The van der Waals surface area contributed by atoms with Gasteiger partial charge in [0.2, 0.25) is 5.89 Å². The van der Waals surface area contributed by atoms with Crippen molar-refractivity contribution in [1.82, 2.24) is 30.1 Å². The number of allylic oxidation sites excluding steroid dienone is 6. The summed E-state index contributed by atoms with van der Waals surface area (Å²) in [6.07, 6.45) is 14.5. The topological polar surface area (TPSA) is 92.3 Å². The van der Waals surface area contributed by atoms with Gasteiger partial charge in [0.05, 0.1) is 0 Å². The molecule has 2 aromatic rings. The van der Waals surface area contributed by atoms with E-state index in [0.29, 0.717) is 30.7 Å². The molecule has 1 aliphatic heterocycles. The van der Waals surface area contributed by atoms with Crippen LogP contribution in [0.1, 0.15) is 38.5 Å². The van der Waals surface area contributed by atoms with Gasteiger partial charge >= 0.3 is 6.03 Å². The molecular formula is C25H33N7O2. The molecule has 1 atom stereocenters. The van der Waals surface area contributed by atoms with Crippen LogP contribution in [0.15, 0.2) is 64.6 Å². The summed E-state index contributed by atoms with van der Waals surface area (Å²) in [5, 5.41) is 11.2. The summed E-state index contributed by atoms with van der Waals surface area (Å²) in [7, 11) is 3.41. The average molecular weight is 464 g/mol. The van der Waals surface area contributed by atoms with Gasteiger partial charge in [-0.3, -0.25) is 0 Å². The minimum Gasteiger partial charge on any atom is -0.341 e. The number of nitrogens with zero attached hydrogens (tertiary/aromatic N) is 6. The lowest BCUT2D eigenvalue weighted by Crippen LogP contribution is -2.36. The van der Waals surface area contributed by atoms with E-state index in [1.165, 1.54) is 11.3 Å². The highest BCUT2D eigenvalue weighted by molar-refractivity contribution is 5.75. The molecule has 2 aliphatic rings. The summed E-state index contributed by atoms with van der Waals surface area (Å²) in [6.45, 7) is 7.81. The van der Waals surface area contributed by atoms with Crippen LogP contribution in [0, 0.1) is 5.92 Å². The molecule has 1 saturated heterocycles. The number of anilines is 1. The molecule has 1 fully saturated rings. The smallest absolute Gasteiger partial charge is 0.321 e. The van der Waals surface area contributed by atoms with Gasteiger partial charge in [-0.05, 0) is 55.8 Å². The first-order chi connectivity index (χ1) is 16.4. The van der Waals surface area contributed by atoms with Gasteiger partial charge in [-0.1, -0.05) is 29.9 Å². The maximum Gasteiger partial charge on any atom is 0.321 e. The molecular weight excluding hydrogens is 430 g/mol. The van der Waals surface area contributed by atoms with E-state index in [2.05, 4.69) is 50.3 Å². The second-order valence-electron chi connectivity index (χ2n) is 8.86. The Kier molecular flexibility index (Phi) is 7.30. The molecule has 0 spiro atoms. The quantitative estimate of drug-likeness (QED) is 0.624. The molecule has 3 heterocycles. The lowest BCUT2D eigenvalue weighted by atomic mass is 9.89. The van der Waals surface area contributed by atoms with Gasteiger partial charge in [0.25, 0.3) is 5.95 Å². The first kappa shape index (κ1) is 23.5. The monoisotopic (exact) mass is 463 g/mol. The van der Waals surface area contributed by atoms with Crippen molar-refractivity contribution in [2.45, 2.75) is 39.0 Å². The number of aromatic nitrogens is 4. The number of carbonyl (C=O) groups excluding carboxylic acids is 1. The molecule has 9 heteroatoms. The van der Waals surface area contributed by atoms with Gasteiger partial charge in [-0.2, -0.15) is 10.1 Å². The van der Waals surface area contributed by atoms with Crippen molar-refractivity contribution in [2.75, 3.05) is 32.1 Å². The lowest BCUT2D eigenvalue weighted by Gasteiger charge is -2.32. The Morgan fingerprint density at radius 1 is 1.38 bits per heavy atom. The van der Waals surface area contributed by atoms with Gasteiger partial charge < -0.3 is 19.6 Å². The largest absolute Gasteiger partial charge is 0.341 e. The number of urea groups is 1. The van der Waals surface area contributed by atoms with Crippen LogP contribution in [0.2, 0.25) is 0 Å². The number of hydrogen-bond donors (Lipinski definition) is 1. The lowest BCUT2D eigenvalue weighted by molar-refractivity contribution is 0.221. The Hall–Kier alpha value is -3.62. The standard InChI is InChI=1S/C25H33N7O2/c1-18-17-31(15-12-21(18)9-6-19(2)30(4)25(33)26-3)24-28-23(34-29-24)16-20-7-10-22(11-8-20)32-14-5-13-27-32/h5-7,10,13-14,21H,1,8-9,11-12,15-17H2,2-4H3,(H,26,33)/b19-6+. The van der Waals surface area contributed by atoms with Gasteiger partial charge in [0, 0.05) is 57.4 Å². The van der Waals surface area contributed by atoms with Crippen molar-refractivity contribution in [3.05, 3.63) is 66.0 Å². The van der Waals surface area contributed by atoms with E-state index < -0.39 is 0 Å². The molecule has 0 aromatic carbocycles. The molecule has 2 amide bonds. The Labute approximate surface area is 200 Å². The third-order valence-corrected chi connectivity index (χ3v) is 6.59. The van der Waals surface area contributed by atoms with Gasteiger partial charge in [0.1, 0.15) is 0 Å². The minimum absolute atomic E-state index is 0.117. The zero-order valence-electron chi connectivity index (χ0n) is 20.2. The fraction of sp³-hybridized carbons (Fsp3) is 0.440. The van der Waals surface area contributed by atoms with Crippen molar-refractivity contribution in [3.63, 3.8) is 0 Å². The molecule has 4 rings (SSSR count). The fourth-order valence-electron chi connectivity index (χ4n) is 4.29. The van der Waals surface area contributed by atoms with Crippen LogP contribution < -0.4 is 10.2 Å². The van der Waals surface area contributed by atoms with E-state index in [-0.39, 0.29) is 6.03 Å². The summed E-state index contributed by atoms with van der Waals surface area (Å²) >= 11 is 0. The molecule has 1 aliphatic carbocycles. The Morgan fingerprint density at radius 3 is 2.91 bits per heavy atom. The molecule has 180 valence electrons. The summed E-state index contributed by atoms with van der Waals surface area (Å²) in [5.74, 6) is 1.64. The summed E-state index contributed by atoms with van der Waals surface area (Å²) in [6, 6.07) is 1.81. The average Bonchev–Trinajstić information content (AvgIpc) is 3.55. The summed E-state index contributed by atoms with van der Waals surface area (Å²) < 4.78 is 7.46. The first-order valence-corrected chi connectivity index (χ1v) is 11.7. The van der Waals surface area contributed by atoms with E-state index in [9.17, 15) is 4.79 Å². The fourth-order valence-corrected chi connectivity index (χ4v) is 4.29. The van der Waals surface area contributed by atoms with E-state index in [0.717, 1.165) is 43.5 Å². The van der Waals surface area contributed by atoms with E-state index in [1.807, 2.05) is 23.9 Å². The number of nitrogens with one attached hydrogen (secondary N) is 1. The van der Waals surface area contributed by atoms with E-state index in [4.69, 9.17) is 4.52 Å². The molecule has 0 radical (unpaired) electrons.